The van der Waals surface area contributed by atoms with E-state index >= 15 is 0 Å². The summed E-state index contributed by atoms with van der Waals surface area (Å²) in [6.45, 7) is 0. The highest BCUT2D eigenvalue weighted by Gasteiger charge is 2.07. The molecule has 0 bridgehead atoms. The van der Waals surface area contributed by atoms with Crippen LogP contribution in [0.5, 0.6) is 0 Å². The summed E-state index contributed by atoms with van der Waals surface area (Å²) >= 11 is 8.17. The minimum atomic E-state index is 0.793. The molecule has 0 aliphatic carbocycles. The number of pyridine rings is 1. The smallest absolute Gasteiger partial charge is 0.0725 e. The van der Waals surface area contributed by atoms with Gasteiger partial charge in [-0.3, -0.25) is 0 Å². The van der Waals surface area contributed by atoms with E-state index in [9.17, 15) is 0 Å². The molecular weight excluding hydrogens is 250 g/mol. The standard InChI is InChI=1S/C14H10ClNS/c1-17-9-6-7-13-11(8-9)14(15)10-4-2-3-5-12(10)16-13/h2-8H,1H3. The van der Waals surface area contributed by atoms with Crippen molar-refractivity contribution >= 4 is 45.2 Å². The number of hydrogen-bond donors (Lipinski definition) is 0. The van der Waals surface area contributed by atoms with Crippen molar-refractivity contribution in [2.24, 2.45) is 0 Å². The normalized spacial score (nSPS) is 11.2. The van der Waals surface area contributed by atoms with Gasteiger partial charge in [-0.05, 0) is 30.5 Å². The van der Waals surface area contributed by atoms with Crippen LogP contribution < -0.4 is 0 Å². The van der Waals surface area contributed by atoms with Crippen molar-refractivity contribution in [2.45, 2.75) is 4.90 Å². The molecule has 0 aliphatic rings. The highest BCUT2D eigenvalue weighted by molar-refractivity contribution is 7.98. The predicted octanol–water partition coefficient (Wildman–Crippen LogP) is 4.76. The van der Waals surface area contributed by atoms with Gasteiger partial charge in [-0.25, -0.2) is 4.98 Å². The number of para-hydroxylation sites is 1. The second-order valence-electron chi connectivity index (χ2n) is 3.83. The van der Waals surface area contributed by atoms with Gasteiger partial charge in [0.15, 0.2) is 0 Å². The first-order valence-corrected chi connectivity index (χ1v) is 6.92. The lowest BCUT2D eigenvalue weighted by atomic mass is 10.1. The van der Waals surface area contributed by atoms with Crippen LogP contribution in [-0.2, 0) is 0 Å². The molecule has 1 heterocycles. The maximum Gasteiger partial charge on any atom is 0.0725 e. The number of halogens is 1. The molecule has 2 aromatic carbocycles. The lowest BCUT2D eigenvalue weighted by Gasteiger charge is -2.06. The second-order valence-corrected chi connectivity index (χ2v) is 5.08. The summed E-state index contributed by atoms with van der Waals surface area (Å²) in [5.74, 6) is 0. The van der Waals surface area contributed by atoms with Gasteiger partial charge in [-0.1, -0.05) is 29.8 Å². The molecule has 0 aliphatic heterocycles. The van der Waals surface area contributed by atoms with E-state index in [4.69, 9.17) is 11.6 Å². The Morgan fingerprint density at radius 1 is 1.00 bits per heavy atom. The van der Waals surface area contributed by atoms with E-state index in [-0.39, 0.29) is 0 Å². The van der Waals surface area contributed by atoms with Crippen LogP contribution in [0.1, 0.15) is 0 Å². The molecule has 0 spiro atoms. The van der Waals surface area contributed by atoms with Crippen molar-refractivity contribution in [3.63, 3.8) is 0 Å². The fraction of sp³-hybridized carbons (Fsp3) is 0.0714. The monoisotopic (exact) mass is 259 g/mol. The lowest BCUT2D eigenvalue weighted by molar-refractivity contribution is 1.45. The van der Waals surface area contributed by atoms with Crippen LogP contribution in [-0.4, -0.2) is 11.2 Å². The molecule has 1 aromatic heterocycles. The van der Waals surface area contributed by atoms with Crippen LogP contribution in [0.15, 0.2) is 47.4 Å². The Labute approximate surface area is 109 Å². The zero-order valence-electron chi connectivity index (χ0n) is 9.27. The summed E-state index contributed by atoms with van der Waals surface area (Å²) in [6.07, 6.45) is 2.06. The molecule has 0 atom stereocenters. The molecule has 0 radical (unpaired) electrons. The van der Waals surface area contributed by atoms with Crippen LogP contribution in [0.2, 0.25) is 5.02 Å². The molecule has 0 saturated heterocycles. The fourth-order valence-electron chi connectivity index (χ4n) is 1.95. The number of nitrogens with zero attached hydrogens (tertiary/aromatic N) is 1. The molecular formula is C14H10ClNS. The summed E-state index contributed by atoms with van der Waals surface area (Å²) in [6, 6.07) is 14.2. The first-order valence-electron chi connectivity index (χ1n) is 5.31. The van der Waals surface area contributed by atoms with E-state index in [1.165, 1.54) is 4.90 Å². The molecule has 0 fully saturated rings. The Morgan fingerprint density at radius 3 is 2.59 bits per heavy atom. The third kappa shape index (κ3) is 1.78. The number of fused-ring (bicyclic) bond motifs is 2. The van der Waals surface area contributed by atoms with Gasteiger partial charge in [0, 0.05) is 15.7 Å². The number of aromatic nitrogens is 1. The highest BCUT2D eigenvalue weighted by Crippen LogP contribution is 2.32. The number of hydrogen-bond acceptors (Lipinski definition) is 2. The first kappa shape index (κ1) is 10.9. The van der Waals surface area contributed by atoms with Gasteiger partial charge in [-0.15, -0.1) is 11.8 Å². The second kappa shape index (κ2) is 4.21. The SMILES string of the molecule is CSc1ccc2nc3ccccc3c(Cl)c2c1. The summed E-state index contributed by atoms with van der Waals surface area (Å²) in [7, 11) is 0. The van der Waals surface area contributed by atoms with Gasteiger partial charge in [0.2, 0.25) is 0 Å². The minimum Gasteiger partial charge on any atom is -0.248 e. The van der Waals surface area contributed by atoms with Crippen LogP contribution in [0.25, 0.3) is 21.8 Å². The van der Waals surface area contributed by atoms with Crippen molar-refractivity contribution in [2.75, 3.05) is 6.26 Å². The number of thioether (sulfide) groups is 1. The van der Waals surface area contributed by atoms with Gasteiger partial charge in [0.25, 0.3) is 0 Å². The molecule has 17 heavy (non-hydrogen) atoms. The van der Waals surface area contributed by atoms with Crippen molar-refractivity contribution < 1.29 is 0 Å². The van der Waals surface area contributed by atoms with Crippen LogP contribution in [0.3, 0.4) is 0 Å². The van der Waals surface area contributed by atoms with Gasteiger partial charge in [0.1, 0.15) is 0 Å². The maximum atomic E-state index is 6.45. The van der Waals surface area contributed by atoms with Gasteiger partial charge in [-0.2, -0.15) is 0 Å². The number of rotatable bonds is 1. The van der Waals surface area contributed by atoms with Crippen molar-refractivity contribution in [3.05, 3.63) is 47.5 Å². The topological polar surface area (TPSA) is 12.9 Å². The molecule has 0 amide bonds. The third-order valence-corrected chi connectivity index (χ3v) is 3.95. The van der Waals surface area contributed by atoms with E-state index in [1.807, 2.05) is 30.3 Å². The predicted molar refractivity (Wildman–Crippen MR) is 76.0 cm³/mol. The highest BCUT2D eigenvalue weighted by atomic mass is 35.5. The third-order valence-electron chi connectivity index (χ3n) is 2.82. The molecule has 0 N–H and O–H groups in total. The molecule has 0 saturated carbocycles. The average Bonchev–Trinajstić information content (AvgIpc) is 2.39. The van der Waals surface area contributed by atoms with Crippen molar-refractivity contribution in [1.82, 2.24) is 4.98 Å². The number of benzene rings is 2. The van der Waals surface area contributed by atoms with E-state index in [0.717, 1.165) is 26.8 Å². The molecule has 0 unspecified atom stereocenters. The Hall–Kier alpha value is -1.25. The molecule has 84 valence electrons. The quantitative estimate of drug-likeness (QED) is 0.461. The Balaban J connectivity index is 2.46. The van der Waals surface area contributed by atoms with Crippen molar-refractivity contribution in [3.8, 4) is 0 Å². The molecule has 3 heteroatoms. The van der Waals surface area contributed by atoms with E-state index < -0.39 is 0 Å². The van der Waals surface area contributed by atoms with Crippen molar-refractivity contribution in [1.29, 1.82) is 0 Å². The zero-order valence-corrected chi connectivity index (χ0v) is 10.8. The minimum absolute atomic E-state index is 0.793. The first-order chi connectivity index (χ1) is 8.29. The van der Waals surface area contributed by atoms with Gasteiger partial charge in [0.05, 0.1) is 16.1 Å². The van der Waals surface area contributed by atoms with E-state index in [0.29, 0.717) is 0 Å². The maximum absolute atomic E-state index is 6.45. The van der Waals surface area contributed by atoms with Crippen LogP contribution in [0, 0.1) is 0 Å². The summed E-state index contributed by atoms with van der Waals surface area (Å²) in [5, 5.41) is 2.83. The van der Waals surface area contributed by atoms with Crippen LogP contribution >= 0.6 is 23.4 Å². The molecule has 3 rings (SSSR count). The largest absolute Gasteiger partial charge is 0.248 e. The Kier molecular flexibility index (Phi) is 2.69. The lowest BCUT2D eigenvalue weighted by Crippen LogP contribution is -1.84. The molecule has 3 aromatic rings. The zero-order chi connectivity index (χ0) is 11.8. The van der Waals surface area contributed by atoms with E-state index in [2.05, 4.69) is 23.4 Å². The van der Waals surface area contributed by atoms with Gasteiger partial charge < -0.3 is 0 Å². The van der Waals surface area contributed by atoms with E-state index in [1.54, 1.807) is 11.8 Å². The summed E-state index contributed by atoms with van der Waals surface area (Å²) < 4.78 is 0. The summed E-state index contributed by atoms with van der Waals surface area (Å²) in [5.41, 5.74) is 1.90. The van der Waals surface area contributed by atoms with Crippen LogP contribution in [0.4, 0.5) is 0 Å². The molecule has 1 nitrogen and oxygen atoms in total. The summed E-state index contributed by atoms with van der Waals surface area (Å²) in [4.78, 5) is 5.83. The fourth-order valence-corrected chi connectivity index (χ4v) is 2.70. The van der Waals surface area contributed by atoms with Gasteiger partial charge >= 0.3 is 0 Å². The Bertz CT molecular complexity index is 709. The average molecular weight is 260 g/mol. The Morgan fingerprint density at radius 2 is 1.76 bits per heavy atom.